The van der Waals surface area contributed by atoms with Crippen LogP contribution in [-0.4, -0.2) is 29.0 Å². The molecule has 2 aromatic carbocycles. The third kappa shape index (κ3) is 2.47. The molecule has 0 aliphatic carbocycles. The molecule has 1 aliphatic rings. The van der Waals surface area contributed by atoms with Gasteiger partial charge in [0.1, 0.15) is 17.7 Å². The first kappa shape index (κ1) is 14.6. The first-order chi connectivity index (χ1) is 11.8. The van der Waals surface area contributed by atoms with Crippen LogP contribution in [0.5, 0.6) is 17.2 Å². The van der Waals surface area contributed by atoms with Gasteiger partial charge in [-0.1, -0.05) is 18.2 Å². The number of H-pyrrole nitrogens is 1. The number of imidazole rings is 1. The molecule has 0 fully saturated rings. The maximum Gasteiger partial charge on any atom is 0.231 e. The van der Waals surface area contributed by atoms with Crippen LogP contribution in [0.25, 0.3) is 11.3 Å². The number of hydrogen-bond acceptors (Lipinski definition) is 5. The number of para-hydroxylation sites is 1. The van der Waals surface area contributed by atoms with Gasteiger partial charge in [-0.25, -0.2) is 4.98 Å². The van der Waals surface area contributed by atoms with Crippen molar-refractivity contribution in [3.05, 3.63) is 60.0 Å². The van der Waals surface area contributed by atoms with Gasteiger partial charge in [-0.05, 0) is 29.8 Å². The van der Waals surface area contributed by atoms with E-state index < -0.39 is 6.10 Å². The molecule has 0 radical (unpaired) electrons. The Morgan fingerprint density at radius 3 is 2.88 bits per heavy atom. The molecule has 4 rings (SSSR count). The van der Waals surface area contributed by atoms with Crippen LogP contribution in [-0.2, 0) is 0 Å². The van der Waals surface area contributed by atoms with Crippen molar-refractivity contribution in [2.75, 3.05) is 13.9 Å². The number of nitrogens with zero attached hydrogens (tertiary/aromatic N) is 1. The minimum absolute atomic E-state index is 0.202. The van der Waals surface area contributed by atoms with Crippen LogP contribution in [0, 0.1) is 0 Å². The minimum Gasteiger partial charge on any atom is -0.496 e. The zero-order chi connectivity index (χ0) is 16.5. The summed E-state index contributed by atoms with van der Waals surface area (Å²) in [6.45, 7) is 0.202. The molecule has 0 spiro atoms. The molecule has 1 unspecified atom stereocenters. The van der Waals surface area contributed by atoms with Crippen molar-refractivity contribution in [1.82, 2.24) is 9.97 Å². The number of ether oxygens (including phenoxy) is 3. The predicted octanol–water partition coefficient (Wildman–Crippen LogP) is 2.90. The molecule has 6 heteroatoms. The number of aliphatic hydroxyl groups is 1. The fraction of sp³-hybridized carbons (Fsp3) is 0.167. The van der Waals surface area contributed by atoms with E-state index in [0.29, 0.717) is 22.9 Å². The van der Waals surface area contributed by atoms with Crippen molar-refractivity contribution >= 4 is 0 Å². The predicted molar refractivity (Wildman–Crippen MR) is 87.2 cm³/mol. The van der Waals surface area contributed by atoms with Crippen molar-refractivity contribution < 1.29 is 19.3 Å². The van der Waals surface area contributed by atoms with Crippen LogP contribution < -0.4 is 14.2 Å². The largest absolute Gasteiger partial charge is 0.496 e. The highest BCUT2D eigenvalue weighted by atomic mass is 16.7. The van der Waals surface area contributed by atoms with Crippen molar-refractivity contribution in [3.63, 3.8) is 0 Å². The maximum absolute atomic E-state index is 10.6. The van der Waals surface area contributed by atoms with Gasteiger partial charge >= 0.3 is 0 Å². The molecule has 3 aromatic rings. The zero-order valence-corrected chi connectivity index (χ0v) is 13.0. The molecule has 24 heavy (non-hydrogen) atoms. The first-order valence-electron chi connectivity index (χ1n) is 7.52. The summed E-state index contributed by atoms with van der Waals surface area (Å²) in [5.41, 5.74) is 2.35. The van der Waals surface area contributed by atoms with Crippen LogP contribution in [0.15, 0.2) is 48.7 Å². The number of aromatic amines is 1. The van der Waals surface area contributed by atoms with E-state index >= 15 is 0 Å². The summed E-state index contributed by atoms with van der Waals surface area (Å²) in [5, 5.41) is 10.6. The highest BCUT2D eigenvalue weighted by Gasteiger charge is 2.20. The molecule has 0 saturated carbocycles. The molecule has 2 N–H and O–H groups in total. The smallest absolute Gasteiger partial charge is 0.231 e. The molecule has 2 heterocycles. The summed E-state index contributed by atoms with van der Waals surface area (Å²) in [4.78, 5) is 7.46. The number of fused-ring (bicyclic) bond motifs is 1. The Bertz CT molecular complexity index is 875. The fourth-order valence-corrected chi connectivity index (χ4v) is 2.72. The standard InChI is InChI=1S/C18H16N2O4/c1-22-14-5-3-2-4-12(14)13-9-19-18(20-13)17(21)11-6-7-15-16(8-11)24-10-23-15/h2-9,17,21H,10H2,1H3,(H,19,20). The third-order valence-corrected chi connectivity index (χ3v) is 3.96. The van der Waals surface area contributed by atoms with E-state index in [0.717, 1.165) is 17.0 Å². The van der Waals surface area contributed by atoms with Crippen LogP contribution >= 0.6 is 0 Å². The van der Waals surface area contributed by atoms with Crippen molar-refractivity contribution in [2.24, 2.45) is 0 Å². The average Bonchev–Trinajstić information content (AvgIpc) is 3.29. The first-order valence-corrected chi connectivity index (χ1v) is 7.52. The Balaban J connectivity index is 1.65. The van der Waals surface area contributed by atoms with Gasteiger partial charge in [-0.15, -0.1) is 0 Å². The minimum atomic E-state index is -0.886. The topological polar surface area (TPSA) is 76.6 Å². The summed E-state index contributed by atoms with van der Waals surface area (Å²) in [6, 6.07) is 13.0. The van der Waals surface area contributed by atoms with Gasteiger partial charge in [-0.2, -0.15) is 0 Å². The van der Waals surface area contributed by atoms with Crippen molar-refractivity contribution in [3.8, 4) is 28.5 Å². The van der Waals surface area contributed by atoms with Crippen LogP contribution in [0.4, 0.5) is 0 Å². The Morgan fingerprint density at radius 1 is 1.17 bits per heavy atom. The van der Waals surface area contributed by atoms with Gasteiger partial charge in [-0.3, -0.25) is 0 Å². The van der Waals surface area contributed by atoms with Crippen LogP contribution in [0.1, 0.15) is 17.5 Å². The van der Waals surface area contributed by atoms with Gasteiger partial charge in [0.15, 0.2) is 11.5 Å². The molecule has 0 bridgehead atoms. The molecule has 1 atom stereocenters. The van der Waals surface area contributed by atoms with Gasteiger partial charge in [0.2, 0.25) is 6.79 Å². The van der Waals surface area contributed by atoms with E-state index in [-0.39, 0.29) is 6.79 Å². The second kappa shape index (κ2) is 5.90. The lowest BCUT2D eigenvalue weighted by atomic mass is 10.1. The Labute approximate surface area is 138 Å². The molecule has 122 valence electrons. The Hall–Kier alpha value is -2.99. The lowest BCUT2D eigenvalue weighted by Gasteiger charge is -2.09. The number of benzene rings is 2. The van der Waals surface area contributed by atoms with E-state index in [1.807, 2.05) is 24.3 Å². The summed E-state index contributed by atoms with van der Waals surface area (Å²) in [7, 11) is 1.62. The van der Waals surface area contributed by atoms with Gasteiger partial charge in [0.05, 0.1) is 19.0 Å². The SMILES string of the molecule is COc1ccccc1-c1cnc(C(O)c2ccc3c(c2)OCO3)[nH]1. The lowest BCUT2D eigenvalue weighted by molar-refractivity contribution is 0.173. The monoisotopic (exact) mass is 324 g/mol. The van der Waals surface area contributed by atoms with E-state index in [2.05, 4.69) is 9.97 Å². The molecule has 6 nitrogen and oxygen atoms in total. The third-order valence-electron chi connectivity index (χ3n) is 3.96. The summed E-state index contributed by atoms with van der Waals surface area (Å²) < 4.78 is 16.0. The van der Waals surface area contributed by atoms with Gasteiger partial charge in [0, 0.05) is 5.56 Å². The molecule has 0 saturated heterocycles. The Morgan fingerprint density at radius 2 is 2.00 bits per heavy atom. The molecular weight excluding hydrogens is 308 g/mol. The number of methoxy groups -OCH3 is 1. The second-order valence-corrected chi connectivity index (χ2v) is 5.40. The average molecular weight is 324 g/mol. The van der Waals surface area contributed by atoms with Crippen molar-refractivity contribution in [2.45, 2.75) is 6.10 Å². The van der Waals surface area contributed by atoms with E-state index in [4.69, 9.17) is 14.2 Å². The number of aromatic nitrogens is 2. The highest BCUT2D eigenvalue weighted by Crippen LogP contribution is 2.36. The van der Waals surface area contributed by atoms with Crippen LogP contribution in [0.3, 0.4) is 0 Å². The van der Waals surface area contributed by atoms with E-state index in [9.17, 15) is 5.11 Å². The molecular formula is C18H16N2O4. The van der Waals surface area contributed by atoms with Gasteiger partial charge in [0.25, 0.3) is 0 Å². The number of rotatable bonds is 4. The van der Waals surface area contributed by atoms with Crippen LogP contribution in [0.2, 0.25) is 0 Å². The van der Waals surface area contributed by atoms with E-state index in [1.54, 1.807) is 31.5 Å². The number of nitrogens with one attached hydrogen (secondary N) is 1. The second-order valence-electron chi connectivity index (χ2n) is 5.40. The highest BCUT2D eigenvalue weighted by molar-refractivity contribution is 5.66. The summed E-state index contributed by atoms with van der Waals surface area (Å²) in [6.07, 6.45) is 0.798. The molecule has 0 amide bonds. The maximum atomic E-state index is 10.6. The zero-order valence-electron chi connectivity index (χ0n) is 13.0. The summed E-state index contributed by atoms with van der Waals surface area (Å²) >= 11 is 0. The summed E-state index contributed by atoms with van der Waals surface area (Å²) in [5.74, 6) is 2.50. The van der Waals surface area contributed by atoms with Crippen molar-refractivity contribution in [1.29, 1.82) is 0 Å². The fourth-order valence-electron chi connectivity index (χ4n) is 2.72. The Kier molecular flexibility index (Phi) is 3.59. The molecule has 1 aliphatic heterocycles. The molecule has 1 aromatic heterocycles. The van der Waals surface area contributed by atoms with Gasteiger partial charge < -0.3 is 24.3 Å². The van der Waals surface area contributed by atoms with E-state index in [1.165, 1.54) is 0 Å². The normalized spacial score (nSPS) is 13.8. The number of hydrogen-bond donors (Lipinski definition) is 2. The quantitative estimate of drug-likeness (QED) is 0.772. The lowest BCUT2D eigenvalue weighted by Crippen LogP contribution is -2.02. The number of aliphatic hydroxyl groups excluding tert-OH is 1.